The fourth-order valence-corrected chi connectivity index (χ4v) is 6.29. The van der Waals surface area contributed by atoms with Gasteiger partial charge < -0.3 is 26.4 Å². The molecule has 1 aliphatic carbocycles. The minimum Gasteiger partial charge on any atom is -0.396 e. The molecule has 4 rings (SSSR count). The zero-order valence-corrected chi connectivity index (χ0v) is 21.9. The second kappa shape index (κ2) is 14.1. The average molecular weight is 502 g/mol. The van der Waals surface area contributed by atoms with Crippen LogP contribution in [-0.4, -0.2) is 82.8 Å². The Morgan fingerprint density at radius 3 is 2.56 bits per heavy atom. The van der Waals surface area contributed by atoms with Crippen molar-refractivity contribution >= 4 is 17.7 Å². The first-order valence-corrected chi connectivity index (χ1v) is 14.4. The van der Waals surface area contributed by atoms with Crippen LogP contribution >= 0.6 is 0 Å². The molecule has 1 aromatic heterocycles. The molecule has 1 saturated carbocycles. The molecular weight excluding hydrogens is 454 g/mol. The molecule has 0 spiro atoms. The summed E-state index contributed by atoms with van der Waals surface area (Å²) in [6, 6.07) is 2.54. The summed E-state index contributed by atoms with van der Waals surface area (Å²) in [6.45, 7) is 3.75. The maximum absolute atomic E-state index is 12.3. The van der Waals surface area contributed by atoms with Gasteiger partial charge in [-0.05, 0) is 64.0 Å². The number of nitrogens with one attached hydrogen (secondary N) is 2. The Bertz CT molecular complexity index is 796. The van der Waals surface area contributed by atoms with E-state index in [0.717, 1.165) is 44.7 Å². The van der Waals surface area contributed by atoms with Crippen LogP contribution in [0.2, 0.25) is 0 Å². The van der Waals surface area contributed by atoms with Crippen molar-refractivity contribution < 1.29 is 9.90 Å². The van der Waals surface area contributed by atoms with Crippen molar-refractivity contribution in [3.63, 3.8) is 0 Å². The second-order valence-corrected chi connectivity index (χ2v) is 10.8. The molecule has 3 atom stereocenters. The van der Waals surface area contributed by atoms with Crippen molar-refractivity contribution in [2.75, 3.05) is 43.0 Å². The number of carbonyl (C=O) groups is 1. The summed E-state index contributed by atoms with van der Waals surface area (Å²) in [4.78, 5) is 27.0. The normalized spacial score (nSPS) is 25.2. The van der Waals surface area contributed by atoms with E-state index < -0.39 is 6.04 Å². The highest BCUT2D eigenvalue weighted by molar-refractivity contribution is 5.81. The van der Waals surface area contributed by atoms with Gasteiger partial charge in [0.15, 0.2) is 0 Å². The van der Waals surface area contributed by atoms with E-state index in [9.17, 15) is 4.79 Å². The fraction of sp³-hybridized carbons (Fsp3) is 0.815. The number of rotatable bonds is 10. The average Bonchev–Trinajstić information content (AvgIpc) is 3.20. The lowest BCUT2D eigenvalue weighted by Gasteiger charge is -2.47. The van der Waals surface area contributed by atoms with Gasteiger partial charge in [0.2, 0.25) is 11.9 Å². The van der Waals surface area contributed by atoms with Crippen LogP contribution in [0.3, 0.4) is 0 Å². The first-order chi connectivity index (χ1) is 17.7. The molecule has 2 saturated heterocycles. The minimum atomic E-state index is -0.653. The number of carbonyl (C=O) groups excluding carboxylic acids is 1. The molecule has 1 aromatic rings. The number of piperidine rings is 1. The number of amides is 1. The van der Waals surface area contributed by atoms with Gasteiger partial charge in [-0.15, -0.1) is 0 Å². The summed E-state index contributed by atoms with van der Waals surface area (Å²) in [5.41, 5.74) is 5.89. The van der Waals surface area contributed by atoms with Gasteiger partial charge in [-0.25, -0.2) is 4.98 Å². The summed E-state index contributed by atoms with van der Waals surface area (Å²) >= 11 is 0. The molecule has 0 aromatic carbocycles. The van der Waals surface area contributed by atoms with E-state index in [2.05, 4.69) is 25.4 Å². The van der Waals surface area contributed by atoms with Crippen LogP contribution in [0.25, 0.3) is 0 Å². The van der Waals surface area contributed by atoms with E-state index in [4.69, 9.17) is 15.8 Å². The Kier molecular flexibility index (Phi) is 10.6. The summed E-state index contributed by atoms with van der Waals surface area (Å²) in [5, 5.41) is 15.8. The second-order valence-electron chi connectivity index (χ2n) is 10.8. The van der Waals surface area contributed by atoms with Crippen molar-refractivity contribution in [2.24, 2.45) is 5.73 Å². The Hall–Kier alpha value is -1.97. The van der Waals surface area contributed by atoms with Crippen LogP contribution in [-0.2, 0) is 4.79 Å². The van der Waals surface area contributed by atoms with Crippen LogP contribution in [0, 0.1) is 0 Å². The molecule has 1 amide bonds. The lowest BCUT2D eigenvalue weighted by molar-refractivity contribution is -0.122. The highest BCUT2D eigenvalue weighted by atomic mass is 16.3. The van der Waals surface area contributed by atoms with Crippen LogP contribution in [0.4, 0.5) is 11.8 Å². The highest BCUT2D eigenvalue weighted by Crippen LogP contribution is 2.31. The summed E-state index contributed by atoms with van der Waals surface area (Å²) in [5.74, 6) is 1.56. The molecular formula is C27H47N7O2. The summed E-state index contributed by atoms with van der Waals surface area (Å²) < 4.78 is 0. The number of hydrogen-bond acceptors (Lipinski definition) is 8. The highest BCUT2D eigenvalue weighted by Gasteiger charge is 2.36. The van der Waals surface area contributed by atoms with Gasteiger partial charge in [0, 0.05) is 50.6 Å². The maximum atomic E-state index is 12.3. The molecule has 9 nitrogen and oxygen atoms in total. The van der Waals surface area contributed by atoms with E-state index in [1.54, 1.807) is 0 Å². The van der Waals surface area contributed by atoms with Gasteiger partial charge in [-0.3, -0.25) is 9.69 Å². The topological polar surface area (TPSA) is 120 Å². The van der Waals surface area contributed by atoms with Gasteiger partial charge in [-0.2, -0.15) is 4.98 Å². The van der Waals surface area contributed by atoms with E-state index in [-0.39, 0.29) is 18.6 Å². The third-order valence-corrected chi connectivity index (χ3v) is 8.27. The predicted molar refractivity (Wildman–Crippen MR) is 144 cm³/mol. The SMILES string of the molecule is N[C@@H](CCO)C(=O)NCC[C@@H]1[C@@H](Nc2nccc(N3CCCCCC3)n2)CCCN1C1CCCCC1. The lowest BCUT2D eigenvalue weighted by atomic mass is 9.87. The predicted octanol–water partition coefficient (Wildman–Crippen LogP) is 2.65. The van der Waals surface area contributed by atoms with Crippen molar-refractivity contribution in [2.45, 2.75) is 108 Å². The molecule has 36 heavy (non-hydrogen) atoms. The Balaban J connectivity index is 1.44. The quantitative estimate of drug-likeness (QED) is 0.386. The standard InChI is InChI=1S/C27H47N7O2/c28-22(14-20-35)26(36)29-15-12-24-23(11-8-19-34(24)21-9-4-3-5-10-21)31-27-30-16-13-25(32-27)33-17-6-1-2-7-18-33/h13,16,21-24,35H,1-12,14-15,17-20,28H2,(H,29,36)(H,30,31,32)/t22-,23-,24+/m0/s1. The van der Waals surface area contributed by atoms with Gasteiger partial charge in [0.1, 0.15) is 5.82 Å². The molecule has 3 fully saturated rings. The van der Waals surface area contributed by atoms with Crippen LogP contribution in [0.5, 0.6) is 0 Å². The van der Waals surface area contributed by atoms with Crippen molar-refractivity contribution in [1.29, 1.82) is 0 Å². The van der Waals surface area contributed by atoms with Crippen LogP contribution < -0.4 is 21.3 Å². The molecule has 3 heterocycles. The fourth-order valence-electron chi connectivity index (χ4n) is 6.29. The number of anilines is 2. The maximum Gasteiger partial charge on any atom is 0.237 e. The molecule has 2 aliphatic heterocycles. The molecule has 0 unspecified atom stereocenters. The van der Waals surface area contributed by atoms with Gasteiger partial charge in [0.25, 0.3) is 0 Å². The smallest absolute Gasteiger partial charge is 0.237 e. The van der Waals surface area contributed by atoms with E-state index in [1.165, 1.54) is 57.8 Å². The third-order valence-electron chi connectivity index (χ3n) is 8.27. The van der Waals surface area contributed by atoms with E-state index in [1.807, 2.05) is 12.3 Å². The molecule has 3 aliphatic rings. The Labute approximate surface area is 216 Å². The zero-order chi connectivity index (χ0) is 25.2. The Morgan fingerprint density at radius 2 is 1.81 bits per heavy atom. The van der Waals surface area contributed by atoms with Crippen molar-refractivity contribution in [3.8, 4) is 0 Å². The number of nitrogens with two attached hydrogens (primary N) is 1. The molecule has 0 radical (unpaired) electrons. The number of hydrogen-bond donors (Lipinski definition) is 4. The first kappa shape index (κ1) is 27.1. The molecule has 202 valence electrons. The number of aliphatic hydroxyl groups excluding tert-OH is 1. The first-order valence-electron chi connectivity index (χ1n) is 14.4. The van der Waals surface area contributed by atoms with Gasteiger partial charge in [0.05, 0.1) is 6.04 Å². The number of nitrogens with zero attached hydrogens (tertiary/aromatic N) is 4. The zero-order valence-electron chi connectivity index (χ0n) is 21.9. The monoisotopic (exact) mass is 501 g/mol. The Morgan fingerprint density at radius 1 is 1.06 bits per heavy atom. The number of likely N-dealkylation sites (tertiary alicyclic amines) is 1. The van der Waals surface area contributed by atoms with E-state index >= 15 is 0 Å². The lowest BCUT2D eigenvalue weighted by Crippen LogP contribution is -2.56. The van der Waals surface area contributed by atoms with Gasteiger partial charge >= 0.3 is 0 Å². The third kappa shape index (κ3) is 7.52. The number of aliphatic hydroxyl groups is 1. The molecule has 0 bridgehead atoms. The van der Waals surface area contributed by atoms with Gasteiger partial charge in [-0.1, -0.05) is 32.1 Å². The van der Waals surface area contributed by atoms with Crippen LogP contribution in [0.1, 0.15) is 83.5 Å². The molecule has 9 heteroatoms. The molecule has 5 N–H and O–H groups in total. The van der Waals surface area contributed by atoms with Crippen molar-refractivity contribution in [1.82, 2.24) is 20.2 Å². The van der Waals surface area contributed by atoms with E-state index in [0.29, 0.717) is 31.0 Å². The summed E-state index contributed by atoms with van der Waals surface area (Å²) in [7, 11) is 0. The van der Waals surface area contributed by atoms with Crippen molar-refractivity contribution in [3.05, 3.63) is 12.3 Å². The summed E-state index contributed by atoms with van der Waals surface area (Å²) in [6.07, 6.45) is 16.8. The number of aromatic nitrogens is 2. The minimum absolute atomic E-state index is 0.0743. The largest absolute Gasteiger partial charge is 0.396 e. The van der Waals surface area contributed by atoms with Crippen LogP contribution in [0.15, 0.2) is 12.3 Å².